The van der Waals surface area contributed by atoms with E-state index in [0.717, 1.165) is 21.8 Å². The van der Waals surface area contributed by atoms with E-state index in [1.165, 1.54) is 11.8 Å². The molecule has 1 aliphatic rings. The zero-order chi connectivity index (χ0) is 20.5. The van der Waals surface area contributed by atoms with Crippen LogP contribution in [-0.4, -0.2) is 23.4 Å². The van der Waals surface area contributed by atoms with Gasteiger partial charge in [-0.1, -0.05) is 48.2 Å². The number of fused-ring (bicyclic) bond motifs is 3. The fourth-order valence-corrected chi connectivity index (χ4v) is 4.15. The highest BCUT2D eigenvalue weighted by molar-refractivity contribution is 8.00. The van der Waals surface area contributed by atoms with Crippen molar-refractivity contribution in [2.24, 2.45) is 0 Å². The third-order valence-corrected chi connectivity index (χ3v) is 5.79. The molecular weight excluding hydrogens is 398 g/mol. The van der Waals surface area contributed by atoms with Crippen molar-refractivity contribution in [2.45, 2.75) is 5.03 Å². The van der Waals surface area contributed by atoms with Gasteiger partial charge in [0.05, 0.1) is 16.8 Å². The summed E-state index contributed by atoms with van der Waals surface area (Å²) in [6.07, 6.45) is 0. The van der Waals surface area contributed by atoms with Crippen LogP contribution in [0.3, 0.4) is 0 Å². The maximum Gasteiger partial charge on any atom is 0.234 e. The number of ether oxygens (including phenoxy) is 2. The zero-order valence-electron chi connectivity index (χ0n) is 15.7. The fraction of sp³-hybridized carbons (Fsp3) is 0.0870. The molecule has 146 valence electrons. The number of amides is 1. The van der Waals surface area contributed by atoms with Crippen LogP contribution in [0.25, 0.3) is 21.7 Å². The van der Waals surface area contributed by atoms with Crippen molar-refractivity contribution >= 4 is 45.0 Å². The van der Waals surface area contributed by atoms with Crippen molar-refractivity contribution in [2.75, 3.05) is 17.9 Å². The van der Waals surface area contributed by atoms with E-state index in [0.29, 0.717) is 27.6 Å². The van der Waals surface area contributed by atoms with Gasteiger partial charge in [0.1, 0.15) is 11.1 Å². The Morgan fingerprint density at radius 1 is 1.07 bits per heavy atom. The number of rotatable bonds is 4. The number of anilines is 1. The Kier molecular flexibility index (Phi) is 4.62. The van der Waals surface area contributed by atoms with Gasteiger partial charge in [0.15, 0.2) is 11.5 Å². The fourth-order valence-electron chi connectivity index (χ4n) is 3.39. The minimum Gasteiger partial charge on any atom is -0.454 e. The molecule has 30 heavy (non-hydrogen) atoms. The Hall–Kier alpha value is -3.76. The van der Waals surface area contributed by atoms with Crippen molar-refractivity contribution in [1.29, 1.82) is 5.26 Å². The molecule has 0 radical (unpaired) electrons. The lowest BCUT2D eigenvalue weighted by molar-refractivity contribution is -0.113. The number of nitrogens with zero attached hydrogens (tertiary/aromatic N) is 2. The summed E-state index contributed by atoms with van der Waals surface area (Å²) in [5, 5.41) is 15.8. The van der Waals surface area contributed by atoms with Crippen molar-refractivity contribution < 1.29 is 14.3 Å². The highest BCUT2D eigenvalue weighted by Gasteiger charge is 2.17. The number of carbonyl (C=O) groups is 1. The van der Waals surface area contributed by atoms with Crippen LogP contribution in [0, 0.1) is 11.3 Å². The molecule has 3 aromatic carbocycles. The number of benzene rings is 3. The maximum absolute atomic E-state index is 12.6. The monoisotopic (exact) mass is 413 g/mol. The lowest BCUT2D eigenvalue weighted by atomic mass is 10.1. The first kappa shape index (κ1) is 18.3. The van der Waals surface area contributed by atoms with Crippen LogP contribution in [0.4, 0.5) is 5.69 Å². The van der Waals surface area contributed by atoms with E-state index >= 15 is 0 Å². The van der Waals surface area contributed by atoms with Gasteiger partial charge in [-0.2, -0.15) is 5.26 Å². The highest BCUT2D eigenvalue weighted by atomic mass is 32.2. The molecule has 0 unspecified atom stereocenters. The summed E-state index contributed by atoms with van der Waals surface area (Å²) in [6.45, 7) is 0.173. The molecule has 7 heteroatoms. The van der Waals surface area contributed by atoms with Gasteiger partial charge in [-0.25, -0.2) is 4.98 Å². The normalized spacial score (nSPS) is 12.1. The summed E-state index contributed by atoms with van der Waals surface area (Å²) >= 11 is 1.23. The third-order valence-electron chi connectivity index (χ3n) is 4.80. The Morgan fingerprint density at radius 2 is 1.87 bits per heavy atom. The van der Waals surface area contributed by atoms with Gasteiger partial charge >= 0.3 is 0 Å². The van der Waals surface area contributed by atoms with E-state index in [-0.39, 0.29) is 18.5 Å². The number of nitriles is 1. The molecule has 1 aromatic heterocycles. The highest BCUT2D eigenvalue weighted by Crippen LogP contribution is 2.37. The largest absolute Gasteiger partial charge is 0.454 e. The van der Waals surface area contributed by atoms with Crippen molar-refractivity contribution in [3.05, 3.63) is 66.2 Å². The molecule has 1 amide bonds. The molecular formula is C23H15N3O3S. The molecule has 0 saturated carbocycles. The number of carbonyl (C=O) groups excluding carboxylic acids is 1. The van der Waals surface area contributed by atoms with Crippen molar-refractivity contribution in [3.63, 3.8) is 0 Å². The van der Waals surface area contributed by atoms with E-state index in [1.54, 1.807) is 12.1 Å². The van der Waals surface area contributed by atoms with Crippen LogP contribution in [-0.2, 0) is 4.79 Å². The summed E-state index contributed by atoms with van der Waals surface area (Å²) in [5.41, 5.74) is 1.87. The Bertz CT molecular complexity index is 1340. The molecule has 0 bridgehead atoms. The second kappa shape index (κ2) is 7.58. The van der Waals surface area contributed by atoms with Crippen LogP contribution in [0.2, 0.25) is 0 Å². The first-order chi connectivity index (χ1) is 14.7. The van der Waals surface area contributed by atoms with E-state index in [9.17, 15) is 10.1 Å². The predicted octanol–water partition coefficient (Wildman–Crippen LogP) is 4.72. The summed E-state index contributed by atoms with van der Waals surface area (Å²) in [6, 6.07) is 21.2. The molecule has 5 rings (SSSR count). The van der Waals surface area contributed by atoms with Gasteiger partial charge in [-0.15, -0.1) is 0 Å². The smallest absolute Gasteiger partial charge is 0.234 e. The van der Waals surface area contributed by atoms with Crippen LogP contribution in [0.1, 0.15) is 5.56 Å². The topological polar surface area (TPSA) is 84.2 Å². The maximum atomic E-state index is 12.6. The van der Waals surface area contributed by atoms with Gasteiger partial charge in [0, 0.05) is 22.5 Å². The number of thioether (sulfide) groups is 1. The average Bonchev–Trinajstić information content (AvgIpc) is 3.23. The average molecular weight is 413 g/mol. The van der Waals surface area contributed by atoms with Crippen molar-refractivity contribution in [3.8, 4) is 17.6 Å². The van der Waals surface area contributed by atoms with Crippen LogP contribution in [0.5, 0.6) is 11.5 Å². The lowest BCUT2D eigenvalue weighted by Gasteiger charge is -2.09. The first-order valence-corrected chi connectivity index (χ1v) is 10.2. The standard InChI is InChI=1S/C23H15N3O3S/c24-11-16-8-15-9-20-21(29-13-28-20)10-19(15)26-23(16)30-12-22(27)25-18-7-3-5-14-4-1-2-6-17(14)18/h1-10H,12-13H2,(H,25,27). The predicted molar refractivity (Wildman–Crippen MR) is 116 cm³/mol. The number of aromatic nitrogens is 1. The Labute approximate surface area is 176 Å². The SMILES string of the molecule is N#Cc1cc2cc3c(cc2nc1SCC(=O)Nc1cccc2ccccc12)OCO3. The summed E-state index contributed by atoms with van der Waals surface area (Å²) in [5.74, 6) is 1.25. The first-order valence-electron chi connectivity index (χ1n) is 9.26. The third kappa shape index (κ3) is 3.38. The number of nitrogens with one attached hydrogen (secondary N) is 1. The molecule has 0 aliphatic carbocycles. The lowest BCUT2D eigenvalue weighted by Crippen LogP contribution is -2.14. The second-order valence-electron chi connectivity index (χ2n) is 6.71. The number of hydrogen-bond acceptors (Lipinski definition) is 6. The van der Waals surface area contributed by atoms with Crippen LogP contribution in [0.15, 0.2) is 65.7 Å². The summed E-state index contributed by atoms with van der Waals surface area (Å²) in [4.78, 5) is 17.1. The van der Waals surface area contributed by atoms with Gasteiger partial charge in [0.2, 0.25) is 12.7 Å². The number of pyridine rings is 1. The molecule has 2 heterocycles. The number of hydrogen-bond donors (Lipinski definition) is 1. The molecule has 0 saturated heterocycles. The van der Waals surface area contributed by atoms with Crippen molar-refractivity contribution in [1.82, 2.24) is 4.98 Å². The van der Waals surface area contributed by atoms with Gasteiger partial charge in [-0.05, 0) is 23.6 Å². The van der Waals surface area contributed by atoms with E-state index in [2.05, 4.69) is 16.4 Å². The molecule has 1 N–H and O–H groups in total. The summed E-state index contributed by atoms with van der Waals surface area (Å²) < 4.78 is 10.8. The minimum absolute atomic E-state index is 0.140. The molecule has 0 fully saturated rings. The van der Waals surface area contributed by atoms with Gasteiger partial charge < -0.3 is 14.8 Å². The summed E-state index contributed by atoms with van der Waals surface area (Å²) in [7, 11) is 0. The van der Waals surface area contributed by atoms with E-state index in [4.69, 9.17) is 9.47 Å². The second-order valence-corrected chi connectivity index (χ2v) is 7.68. The van der Waals surface area contributed by atoms with Gasteiger partial charge in [0.25, 0.3) is 0 Å². The molecule has 4 aromatic rings. The molecule has 6 nitrogen and oxygen atoms in total. The zero-order valence-corrected chi connectivity index (χ0v) is 16.5. The molecule has 0 spiro atoms. The van der Waals surface area contributed by atoms with Crippen LogP contribution < -0.4 is 14.8 Å². The van der Waals surface area contributed by atoms with E-state index in [1.807, 2.05) is 48.5 Å². The van der Waals surface area contributed by atoms with E-state index < -0.39 is 0 Å². The Morgan fingerprint density at radius 3 is 2.73 bits per heavy atom. The van der Waals surface area contributed by atoms with Crippen LogP contribution >= 0.6 is 11.8 Å². The minimum atomic E-state index is -0.159. The molecule has 1 aliphatic heterocycles. The molecule has 0 atom stereocenters. The van der Waals surface area contributed by atoms with Gasteiger partial charge in [-0.3, -0.25) is 4.79 Å². The Balaban J connectivity index is 1.37. The quantitative estimate of drug-likeness (QED) is 0.488.